The van der Waals surface area contributed by atoms with E-state index in [1.54, 1.807) is 0 Å². The number of benzene rings is 1. The molecule has 170 valence electrons. The summed E-state index contributed by atoms with van der Waals surface area (Å²) in [5.74, 6) is -2.18. The zero-order valence-corrected chi connectivity index (χ0v) is 20.2. The fourth-order valence-electron chi connectivity index (χ4n) is 6.76. The summed E-state index contributed by atoms with van der Waals surface area (Å²) in [5, 5.41) is 0. The predicted molar refractivity (Wildman–Crippen MR) is 124 cm³/mol. The van der Waals surface area contributed by atoms with Gasteiger partial charge in [-0.15, -0.1) is 0 Å². The van der Waals surface area contributed by atoms with E-state index in [0.29, 0.717) is 6.42 Å². The summed E-state index contributed by atoms with van der Waals surface area (Å²) in [6.07, 6.45) is 4.53. The monoisotopic (exact) mass is 434 g/mol. The molecule has 0 heterocycles. The molecule has 4 nitrogen and oxygen atoms in total. The predicted octanol–water partition coefficient (Wildman–Crippen LogP) is 4.95. The van der Waals surface area contributed by atoms with E-state index in [4.69, 9.17) is 0 Å². The first-order valence-corrected chi connectivity index (χ1v) is 12.0. The molecule has 4 atom stereocenters. The normalized spacial score (nSPS) is 29.6. The van der Waals surface area contributed by atoms with Gasteiger partial charge >= 0.3 is 0 Å². The van der Waals surface area contributed by atoms with Crippen molar-refractivity contribution < 1.29 is 19.2 Å². The van der Waals surface area contributed by atoms with E-state index in [0.717, 1.165) is 48.0 Å². The van der Waals surface area contributed by atoms with E-state index in [1.165, 1.54) is 23.6 Å². The summed E-state index contributed by atoms with van der Waals surface area (Å²) in [7, 11) is 0. The molecule has 0 aromatic heterocycles. The summed E-state index contributed by atoms with van der Waals surface area (Å²) in [6, 6.07) is 2.28. The van der Waals surface area contributed by atoms with Gasteiger partial charge < -0.3 is 0 Å². The van der Waals surface area contributed by atoms with Crippen molar-refractivity contribution in [3.63, 3.8) is 0 Å². The summed E-state index contributed by atoms with van der Waals surface area (Å²) in [4.78, 5) is 52.3. The van der Waals surface area contributed by atoms with Gasteiger partial charge in [0.05, 0.1) is 5.41 Å². The minimum absolute atomic E-state index is 0.0324. The highest BCUT2D eigenvalue weighted by Crippen LogP contribution is 2.55. The number of hydrogen-bond acceptors (Lipinski definition) is 4. The molecule has 1 fully saturated rings. The van der Waals surface area contributed by atoms with Crippen molar-refractivity contribution in [1.82, 2.24) is 0 Å². The van der Waals surface area contributed by atoms with Gasteiger partial charge in [0.25, 0.3) is 0 Å². The number of fused-ring (bicyclic) bond motifs is 3. The van der Waals surface area contributed by atoms with Gasteiger partial charge in [-0.1, -0.05) is 31.9 Å². The van der Waals surface area contributed by atoms with Crippen LogP contribution < -0.4 is 0 Å². The third-order valence-corrected chi connectivity index (χ3v) is 8.64. The van der Waals surface area contributed by atoms with Gasteiger partial charge in [0.15, 0.2) is 17.3 Å². The Bertz CT molecular complexity index is 1090. The standard InChI is InChI=1S/C28H34O4/c1-7-9-18-10-17(8-2)14(3)23-21(18)12-19-11-20-13-22(30)25(16(5)29)27(32)28(20,6)15(4)24(19)26(23)31/h10,19-20,25H,7-9,11-13H2,1-6H3. The second-order valence-electron chi connectivity index (χ2n) is 10.3. The second kappa shape index (κ2) is 7.90. The van der Waals surface area contributed by atoms with Crippen LogP contribution in [0.25, 0.3) is 0 Å². The Morgan fingerprint density at radius 1 is 1.09 bits per heavy atom. The maximum Gasteiger partial charge on any atom is 0.189 e. The van der Waals surface area contributed by atoms with Gasteiger partial charge in [-0.05, 0) is 87.5 Å². The van der Waals surface area contributed by atoms with Crippen LogP contribution in [0.1, 0.15) is 86.5 Å². The Balaban J connectivity index is 1.91. The number of carbonyl (C=O) groups is 4. The van der Waals surface area contributed by atoms with Crippen molar-refractivity contribution in [2.75, 3.05) is 0 Å². The van der Waals surface area contributed by atoms with E-state index in [9.17, 15) is 19.2 Å². The summed E-state index contributed by atoms with van der Waals surface area (Å²) < 4.78 is 0. The minimum atomic E-state index is -1.18. The minimum Gasteiger partial charge on any atom is -0.299 e. The fourth-order valence-corrected chi connectivity index (χ4v) is 6.76. The van der Waals surface area contributed by atoms with Crippen molar-refractivity contribution in [2.24, 2.45) is 23.2 Å². The maximum atomic E-state index is 14.0. The molecule has 3 aliphatic carbocycles. The number of aryl methyl sites for hydroxylation is 2. The molecule has 0 saturated heterocycles. The summed E-state index contributed by atoms with van der Waals surface area (Å²) in [6.45, 7) is 11.4. The first kappa shape index (κ1) is 22.8. The van der Waals surface area contributed by atoms with E-state index < -0.39 is 11.3 Å². The van der Waals surface area contributed by atoms with Crippen LogP contribution >= 0.6 is 0 Å². The average Bonchev–Trinajstić information content (AvgIpc) is 2.72. The molecular weight excluding hydrogens is 400 g/mol. The maximum absolute atomic E-state index is 14.0. The van der Waals surface area contributed by atoms with Crippen LogP contribution in [0.15, 0.2) is 17.2 Å². The Morgan fingerprint density at radius 2 is 1.78 bits per heavy atom. The van der Waals surface area contributed by atoms with Crippen molar-refractivity contribution in [3.8, 4) is 0 Å². The largest absolute Gasteiger partial charge is 0.299 e. The molecule has 0 bridgehead atoms. The van der Waals surface area contributed by atoms with Gasteiger partial charge in [0.2, 0.25) is 0 Å². The van der Waals surface area contributed by atoms with Crippen LogP contribution in [-0.2, 0) is 33.6 Å². The Labute approximate surface area is 190 Å². The molecular formula is C28H34O4. The molecule has 1 aromatic carbocycles. The first-order valence-electron chi connectivity index (χ1n) is 12.0. The third kappa shape index (κ3) is 3.02. The topological polar surface area (TPSA) is 68.3 Å². The van der Waals surface area contributed by atoms with Crippen molar-refractivity contribution in [3.05, 3.63) is 45.0 Å². The quantitative estimate of drug-likeness (QED) is 0.629. The van der Waals surface area contributed by atoms with Crippen LogP contribution in [0, 0.1) is 30.1 Å². The van der Waals surface area contributed by atoms with E-state index >= 15 is 0 Å². The molecule has 4 unspecified atom stereocenters. The molecule has 4 heteroatoms. The van der Waals surface area contributed by atoms with Gasteiger partial charge in [-0.2, -0.15) is 0 Å². The Hall–Kier alpha value is -2.36. The highest BCUT2D eigenvalue weighted by atomic mass is 16.2. The van der Waals surface area contributed by atoms with E-state index in [2.05, 4.69) is 19.9 Å². The highest BCUT2D eigenvalue weighted by Gasteiger charge is 2.58. The lowest BCUT2D eigenvalue weighted by molar-refractivity contribution is -0.150. The van der Waals surface area contributed by atoms with E-state index in [-0.39, 0.29) is 41.4 Å². The van der Waals surface area contributed by atoms with Crippen LogP contribution in [0.4, 0.5) is 0 Å². The van der Waals surface area contributed by atoms with Gasteiger partial charge in [0.1, 0.15) is 11.7 Å². The average molecular weight is 435 g/mol. The van der Waals surface area contributed by atoms with Gasteiger partial charge in [-0.25, -0.2) is 0 Å². The van der Waals surface area contributed by atoms with Crippen molar-refractivity contribution in [1.29, 1.82) is 0 Å². The molecule has 0 radical (unpaired) electrons. The zero-order valence-electron chi connectivity index (χ0n) is 20.2. The molecule has 0 spiro atoms. The SMILES string of the molecule is CCCc1cc(CC)c(C)c2c1CC1CC3CC(=O)C(C(C)=O)C(=O)C3(C)C(C)=C1C2=O. The van der Waals surface area contributed by atoms with Gasteiger partial charge in [0, 0.05) is 17.6 Å². The molecule has 32 heavy (non-hydrogen) atoms. The Kier molecular flexibility index (Phi) is 5.63. The molecule has 0 aliphatic heterocycles. The smallest absolute Gasteiger partial charge is 0.189 e. The number of ketones is 4. The second-order valence-corrected chi connectivity index (χ2v) is 10.3. The molecule has 3 aliphatic rings. The lowest BCUT2D eigenvalue weighted by Crippen LogP contribution is -2.54. The van der Waals surface area contributed by atoms with E-state index in [1.807, 2.05) is 20.8 Å². The van der Waals surface area contributed by atoms with Gasteiger partial charge in [-0.3, -0.25) is 19.2 Å². The van der Waals surface area contributed by atoms with Crippen LogP contribution in [-0.4, -0.2) is 23.1 Å². The highest BCUT2D eigenvalue weighted by molar-refractivity contribution is 6.23. The molecule has 1 aromatic rings. The number of rotatable bonds is 4. The first-order chi connectivity index (χ1) is 15.1. The molecule has 1 saturated carbocycles. The number of allylic oxidation sites excluding steroid dienone is 2. The third-order valence-electron chi connectivity index (χ3n) is 8.64. The zero-order chi connectivity index (χ0) is 23.5. The number of carbonyl (C=O) groups excluding carboxylic acids is 4. The van der Waals surface area contributed by atoms with Crippen molar-refractivity contribution in [2.45, 2.75) is 80.1 Å². The summed E-state index contributed by atoms with van der Waals surface area (Å²) in [5.41, 5.74) is 6.19. The number of hydrogen-bond donors (Lipinski definition) is 0. The molecule has 0 amide bonds. The summed E-state index contributed by atoms with van der Waals surface area (Å²) >= 11 is 0. The van der Waals surface area contributed by atoms with Crippen LogP contribution in [0.3, 0.4) is 0 Å². The lowest BCUT2D eigenvalue weighted by atomic mass is 9.51. The number of Topliss-reactive ketones (excluding diaryl/α,β-unsaturated/α-hetero) is 4. The fraction of sp³-hybridized carbons (Fsp3) is 0.571. The molecule has 4 rings (SSSR count). The Morgan fingerprint density at radius 3 is 2.38 bits per heavy atom. The van der Waals surface area contributed by atoms with Crippen LogP contribution in [0.5, 0.6) is 0 Å². The lowest BCUT2D eigenvalue weighted by Gasteiger charge is -2.50. The molecule has 0 N–H and O–H groups in total. The van der Waals surface area contributed by atoms with Crippen LogP contribution in [0.2, 0.25) is 0 Å². The van der Waals surface area contributed by atoms with Crippen molar-refractivity contribution >= 4 is 23.1 Å².